The number of aliphatic hydroxyl groups excluding tert-OH is 8. The van der Waals surface area contributed by atoms with Gasteiger partial charge in [-0.1, -0.05) is 291 Å². The summed E-state index contributed by atoms with van der Waals surface area (Å²) < 4.78 is 22.9. The second kappa shape index (κ2) is 59.6. The number of allylic oxidation sites excluding steroid dienone is 15. The predicted octanol–water partition coefficient (Wildman–Crippen LogP) is 15.3. The number of carbonyl (C=O) groups excluding carboxylic acids is 1. The molecular formula is C76H133NO13. The van der Waals surface area contributed by atoms with Crippen LogP contribution in [0.5, 0.6) is 0 Å². The highest BCUT2D eigenvalue weighted by atomic mass is 16.7. The number of carbonyl (C=O) groups is 1. The number of hydrogen-bond donors (Lipinski definition) is 9. The molecule has 0 bridgehead atoms. The zero-order chi connectivity index (χ0) is 65.2. The molecule has 2 rings (SSSR count). The summed E-state index contributed by atoms with van der Waals surface area (Å²) in [5.41, 5.74) is 0. The van der Waals surface area contributed by atoms with E-state index in [4.69, 9.17) is 18.9 Å². The molecule has 2 aliphatic heterocycles. The number of hydrogen-bond acceptors (Lipinski definition) is 13. The van der Waals surface area contributed by atoms with Crippen LogP contribution in [0, 0.1) is 0 Å². The largest absolute Gasteiger partial charge is 0.394 e. The van der Waals surface area contributed by atoms with Crippen LogP contribution in [0.1, 0.15) is 284 Å². The molecule has 2 aliphatic rings. The van der Waals surface area contributed by atoms with E-state index >= 15 is 0 Å². The Morgan fingerprint density at radius 2 is 0.778 bits per heavy atom. The van der Waals surface area contributed by atoms with Crippen molar-refractivity contribution in [3.8, 4) is 0 Å². The van der Waals surface area contributed by atoms with Crippen LogP contribution in [-0.2, 0) is 23.7 Å². The molecule has 2 fully saturated rings. The van der Waals surface area contributed by atoms with Crippen molar-refractivity contribution < 1.29 is 64.6 Å². The Labute approximate surface area is 547 Å². The van der Waals surface area contributed by atoms with Crippen LogP contribution < -0.4 is 5.32 Å². The topological polar surface area (TPSA) is 228 Å². The Hall–Kier alpha value is -3.09. The van der Waals surface area contributed by atoms with Crippen LogP contribution in [0.4, 0.5) is 0 Å². The predicted molar refractivity (Wildman–Crippen MR) is 369 cm³/mol. The molecule has 12 atom stereocenters. The third-order valence-corrected chi connectivity index (χ3v) is 17.3. The summed E-state index contributed by atoms with van der Waals surface area (Å²) in [5.74, 6) is -0.255. The molecule has 0 saturated carbocycles. The van der Waals surface area contributed by atoms with Crippen molar-refractivity contribution in [3.63, 3.8) is 0 Å². The van der Waals surface area contributed by atoms with Crippen LogP contribution in [0.25, 0.3) is 0 Å². The van der Waals surface area contributed by atoms with Gasteiger partial charge in [0.25, 0.3) is 0 Å². The third kappa shape index (κ3) is 43.0. The monoisotopic (exact) mass is 1270 g/mol. The van der Waals surface area contributed by atoms with Crippen molar-refractivity contribution in [1.82, 2.24) is 5.32 Å². The van der Waals surface area contributed by atoms with Gasteiger partial charge in [-0.05, 0) is 83.5 Å². The van der Waals surface area contributed by atoms with Crippen molar-refractivity contribution >= 4 is 5.91 Å². The van der Waals surface area contributed by atoms with Crippen LogP contribution in [0.15, 0.2) is 97.2 Å². The molecule has 0 aliphatic carbocycles. The zero-order valence-electron chi connectivity index (χ0n) is 56.6. The van der Waals surface area contributed by atoms with Crippen LogP contribution in [-0.4, -0.2) is 140 Å². The first-order valence-corrected chi connectivity index (χ1v) is 36.5. The van der Waals surface area contributed by atoms with E-state index in [1.807, 2.05) is 6.08 Å². The lowest BCUT2D eigenvalue weighted by Gasteiger charge is -2.46. The highest BCUT2D eigenvalue weighted by Gasteiger charge is 2.51. The van der Waals surface area contributed by atoms with Gasteiger partial charge in [0.2, 0.25) is 5.91 Å². The average molecular weight is 1270 g/mol. The number of unbranched alkanes of at least 4 members (excludes halogenated alkanes) is 32. The summed E-state index contributed by atoms with van der Waals surface area (Å²) in [6.45, 7) is 2.69. The molecule has 0 aromatic heterocycles. The molecule has 14 nitrogen and oxygen atoms in total. The standard InChI is InChI=1S/C76H133NO13/c1-3-5-7-9-11-13-15-17-19-21-23-25-27-29-31-32-34-36-38-40-42-44-46-48-50-52-54-56-58-60-68(81)77-64(63-87-75-73(86)71(84)74(67(62-79)89-75)90-76-72(85)70(83)69(82)66(61-78)88-76)65(80)59-57-55-53-51-49-47-45-43-41-39-37-35-33-30-28-26-24-22-20-18-16-14-12-10-8-6-4-2/h5,7,11,13,17,19,23,25,29,31,34,36,49,51,57,59,64-67,69-76,78-80,82-86H,3-4,6,8-10,12,14-16,18,20-22,24,26-28,30,32-33,35,37-48,50,52-56,58,60-63H2,1-2H3,(H,77,81)/b7-5-,13-11-,19-17-,25-23-,31-29-,36-34-,51-49+,59-57+. The highest BCUT2D eigenvalue weighted by molar-refractivity contribution is 5.76. The van der Waals surface area contributed by atoms with Gasteiger partial charge in [0.05, 0.1) is 32.0 Å². The smallest absolute Gasteiger partial charge is 0.220 e. The van der Waals surface area contributed by atoms with Crippen molar-refractivity contribution in [2.45, 2.75) is 357 Å². The lowest BCUT2D eigenvalue weighted by atomic mass is 9.97. The van der Waals surface area contributed by atoms with Crippen LogP contribution >= 0.6 is 0 Å². The normalized spacial score (nSPS) is 23.5. The molecule has 0 spiro atoms. The fourth-order valence-corrected chi connectivity index (χ4v) is 11.5. The fourth-order valence-electron chi connectivity index (χ4n) is 11.5. The first kappa shape index (κ1) is 83.0. The van der Waals surface area contributed by atoms with Gasteiger partial charge in [-0.25, -0.2) is 0 Å². The van der Waals surface area contributed by atoms with Gasteiger partial charge in [0.15, 0.2) is 12.6 Å². The quantitative estimate of drug-likeness (QED) is 0.0204. The number of nitrogens with one attached hydrogen (secondary N) is 1. The van der Waals surface area contributed by atoms with E-state index in [0.717, 1.165) is 77.0 Å². The molecule has 1 amide bonds. The third-order valence-electron chi connectivity index (χ3n) is 17.3. The van der Waals surface area contributed by atoms with Gasteiger partial charge in [-0.3, -0.25) is 4.79 Å². The molecule has 2 saturated heterocycles. The maximum Gasteiger partial charge on any atom is 0.220 e. The summed E-state index contributed by atoms with van der Waals surface area (Å²) in [6.07, 6.45) is 67.5. The minimum Gasteiger partial charge on any atom is -0.394 e. The van der Waals surface area contributed by atoms with Gasteiger partial charge in [-0.15, -0.1) is 0 Å². The summed E-state index contributed by atoms with van der Waals surface area (Å²) in [5, 5.41) is 87.5. The first-order valence-electron chi connectivity index (χ1n) is 36.5. The van der Waals surface area contributed by atoms with Crippen LogP contribution in [0.3, 0.4) is 0 Å². The number of ether oxygens (including phenoxy) is 4. The van der Waals surface area contributed by atoms with E-state index in [1.54, 1.807) is 6.08 Å². The molecule has 520 valence electrons. The minimum absolute atomic E-state index is 0.255. The molecule has 90 heavy (non-hydrogen) atoms. The van der Waals surface area contributed by atoms with E-state index < -0.39 is 86.8 Å². The van der Waals surface area contributed by atoms with Crippen molar-refractivity contribution in [1.29, 1.82) is 0 Å². The lowest BCUT2D eigenvalue weighted by Crippen LogP contribution is -2.65. The maximum atomic E-state index is 13.3. The SMILES string of the molecule is CC/C=C\C/C=C\C/C=C\C/C=C\C/C=C\C/C=C\CCCCCCCCCCCCC(=O)NC(COC1OC(CO)C(OC2OC(CO)C(O)C(O)C2O)C(O)C1O)C(O)/C=C/CC/C=C/CCCCCCCCCCCCCCCCCCCCCCC. The lowest BCUT2D eigenvalue weighted by molar-refractivity contribution is -0.359. The second-order valence-corrected chi connectivity index (χ2v) is 25.3. The molecule has 9 N–H and O–H groups in total. The molecular weight excluding hydrogens is 1130 g/mol. The summed E-state index contributed by atoms with van der Waals surface area (Å²) in [4.78, 5) is 13.3. The van der Waals surface area contributed by atoms with Gasteiger partial charge in [0.1, 0.15) is 48.8 Å². The Balaban J connectivity index is 1.69. The molecule has 0 aromatic rings. The van der Waals surface area contributed by atoms with E-state index in [-0.39, 0.29) is 18.9 Å². The number of amides is 1. The Morgan fingerprint density at radius 3 is 1.22 bits per heavy atom. The first-order chi connectivity index (χ1) is 44.1. The highest BCUT2D eigenvalue weighted by Crippen LogP contribution is 2.30. The fraction of sp³-hybridized carbons (Fsp3) is 0.776. The van der Waals surface area contributed by atoms with Crippen LogP contribution in [0.2, 0.25) is 0 Å². The van der Waals surface area contributed by atoms with Crippen molar-refractivity contribution in [2.24, 2.45) is 0 Å². The molecule has 12 unspecified atom stereocenters. The molecule has 2 heterocycles. The summed E-state index contributed by atoms with van der Waals surface area (Å²) in [7, 11) is 0. The second-order valence-electron chi connectivity index (χ2n) is 25.3. The Bertz CT molecular complexity index is 1880. The zero-order valence-corrected chi connectivity index (χ0v) is 56.6. The minimum atomic E-state index is -1.80. The molecule has 14 heteroatoms. The van der Waals surface area contributed by atoms with Gasteiger partial charge >= 0.3 is 0 Å². The van der Waals surface area contributed by atoms with E-state index in [2.05, 4.69) is 104 Å². The average Bonchev–Trinajstić information content (AvgIpc) is 1.26. The van der Waals surface area contributed by atoms with E-state index in [9.17, 15) is 45.6 Å². The Kier molecular flexibility index (Phi) is 55.0. The van der Waals surface area contributed by atoms with Gasteiger partial charge in [0, 0.05) is 6.42 Å². The van der Waals surface area contributed by atoms with Gasteiger partial charge in [-0.2, -0.15) is 0 Å². The van der Waals surface area contributed by atoms with Crippen molar-refractivity contribution in [3.05, 3.63) is 97.2 Å². The maximum absolute atomic E-state index is 13.3. The van der Waals surface area contributed by atoms with Crippen molar-refractivity contribution in [2.75, 3.05) is 19.8 Å². The molecule has 0 aromatic carbocycles. The summed E-state index contributed by atoms with van der Waals surface area (Å²) in [6, 6.07) is -0.942. The van der Waals surface area contributed by atoms with E-state index in [1.165, 1.54) is 173 Å². The Morgan fingerprint density at radius 1 is 0.411 bits per heavy atom. The molecule has 0 radical (unpaired) electrons. The van der Waals surface area contributed by atoms with E-state index in [0.29, 0.717) is 12.8 Å². The number of rotatable bonds is 59. The van der Waals surface area contributed by atoms with Gasteiger partial charge < -0.3 is 65.1 Å². The number of aliphatic hydroxyl groups is 8. The summed E-state index contributed by atoms with van der Waals surface area (Å²) >= 11 is 0.